The molecule has 32 heavy (non-hydrogen) atoms. The minimum absolute atomic E-state index is 0.0335. The Kier molecular flexibility index (Phi) is 8.21. The number of rotatable bonds is 10. The molecule has 1 atom stereocenters. The molecule has 3 rings (SSSR count). The van der Waals surface area contributed by atoms with Crippen LogP contribution in [0.1, 0.15) is 36.3 Å². The van der Waals surface area contributed by atoms with Crippen molar-refractivity contribution in [3.63, 3.8) is 0 Å². The maximum atomic E-state index is 13.2. The molecular formula is C24H28N4O3S. The van der Waals surface area contributed by atoms with Gasteiger partial charge in [0.2, 0.25) is 5.91 Å². The number of nitrogens with zero attached hydrogens (tertiary/aromatic N) is 2. The Morgan fingerprint density at radius 3 is 2.66 bits per heavy atom. The van der Waals surface area contributed by atoms with Gasteiger partial charge in [-0.15, -0.1) is 11.3 Å². The Hall–Kier alpha value is -3.39. The van der Waals surface area contributed by atoms with Gasteiger partial charge in [-0.3, -0.25) is 9.59 Å². The Morgan fingerprint density at radius 1 is 1.16 bits per heavy atom. The van der Waals surface area contributed by atoms with E-state index in [0.29, 0.717) is 17.4 Å². The summed E-state index contributed by atoms with van der Waals surface area (Å²) in [6, 6.07) is 17.1. The lowest BCUT2D eigenvalue weighted by Crippen LogP contribution is -2.43. The topological polar surface area (TPSA) is 83.6 Å². The van der Waals surface area contributed by atoms with E-state index in [0.717, 1.165) is 23.4 Å². The fourth-order valence-electron chi connectivity index (χ4n) is 3.01. The number of aromatic nitrogens is 1. The van der Waals surface area contributed by atoms with Crippen molar-refractivity contribution in [3.05, 3.63) is 71.2 Å². The summed E-state index contributed by atoms with van der Waals surface area (Å²) in [5.41, 5.74) is 2.06. The van der Waals surface area contributed by atoms with E-state index in [2.05, 4.69) is 15.6 Å². The average molecular weight is 453 g/mol. The fourth-order valence-corrected chi connectivity index (χ4v) is 3.72. The molecule has 7 nitrogen and oxygen atoms in total. The van der Waals surface area contributed by atoms with Gasteiger partial charge in [0.25, 0.3) is 5.91 Å². The molecule has 0 spiro atoms. The highest BCUT2D eigenvalue weighted by Gasteiger charge is 2.22. The molecule has 0 bridgehead atoms. The number of ether oxygens (including phenoxy) is 1. The van der Waals surface area contributed by atoms with Gasteiger partial charge in [-0.05, 0) is 31.0 Å². The van der Waals surface area contributed by atoms with E-state index in [1.807, 2.05) is 68.4 Å². The van der Waals surface area contributed by atoms with Crippen molar-refractivity contribution in [2.75, 3.05) is 19.0 Å². The van der Waals surface area contributed by atoms with Crippen molar-refractivity contribution < 1.29 is 14.3 Å². The third-order valence-electron chi connectivity index (χ3n) is 4.90. The summed E-state index contributed by atoms with van der Waals surface area (Å²) >= 11 is 1.33. The first kappa shape index (κ1) is 23.3. The van der Waals surface area contributed by atoms with E-state index >= 15 is 0 Å². The Morgan fingerprint density at radius 2 is 1.94 bits per heavy atom. The third kappa shape index (κ3) is 6.55. The number of methoxy groups -OCH3 is 1. The summed E-state index contributed by atoms with van der Waals surface area (Å²) in [6.07, 6.45) is 0.823. The van der Waals surface area contributed by atoms with Crippen LogP contribution in [-0.4, -0.2) is 41.4 Å². The van der Waals surface area contributed by atoms with Gasteiger partial charge < -0.3 is 20.3 Å². The van der Waals surface area contributed by atoms with Gasteiger partial charge in [-0.1, -0.05) is 43.3 Å². The predicted molar refractivity (Wildman–Crippen MR) is 127 cm³/mol. The summed E-state index contributed by atoms with van der Waals surface area (Å²) in [5.74, 6) is 0.251. The summed E-state index contributed by atoms with van der Waals surface area (Å²) in [7, 11) is 1.61. The second-order valence-corrected chi connectivity index (χ2v) is 8.28. The number of hydrogen-bond acceptors (Lipinski definition) is 6. The van der Waals surface area contributed by atoms with E-state index in [9.17, 15) is 9.59 Å². The van der Waals surface area contributed by atoms with Gasteiger partial charge in [0, 0.05) is 29.7 Å². The van der Waals surface area contributed by atoms with Gasteiger partial charge in [-0.25, -0.2) is 4.98 Å². The second kappa shape index (κ2) is 11.3. The molecule has 0 radical (unpaired) electrons. The molecule has 0 fully saturated rings. The molecule has 2 amide bonds. The first-order valence-electron chi connectivity index (χ1n) is 10.5. The third-order valence-corrected chi connectivity index (χ3v) is 5.66. The smallest absolute Gasteiger partial charge is 0.274 e. The van der Waals surface area contributed by atoms with Gasteiger partial charge >= 0.3 is 0 Å². The van der Waals surface area contributed by atoms with Crippen LogP contribution in [0.3, 0.4) is 0 Å². The Balaban J connectivity index is 1.75. The zero-order chi connectivity index (χ0) is 22.9. The van der Waals surface area contributed by atoms with E-state index in [1.54, 1.807) is 12.5 Å². The van der Waals surface area contributed by atoms with Crippen molar-refractivity contribution in [2.24, 2.45) is 0 Å². The van der Waals surface area contributed by atoms with Crippen LogP contribution in [0, 0.1) is 0 Å². The maximum Gasteiger partial charge on any atom is 0.274 e. The van der Waals surface area contributed by atoms with Crippen LogP contribution in [0.25, 0.3) is 0 Å². The van der Waals surface area contributed by atoms with Crippen LogP contribution in [0.2, 0.25) is 0 Å². The fraction of sp³-hybridized carbons (Fsp3) is 0.292. The van der Waals surface area contributed by atoms with E-state index < -0.39 is 0 Å². The molecule has 8 heteroatoms. The van der Waals surface area contributed by atoms with Gasteiger partial charge in [0.05, 0.1) is 7.11 Å². The SMILES string of the molecule is CCC(C)NC(=O)CN(Cc1ccccc1)C(=O)c1csc(Nc2cccc(OC)c2)n1. The highest BCUT2D eigenvalue weighted by atomic mass is 32.1. The van der Waals surface area contributed by atoms with Crippen molar-refractivity contribution in [3.8, 4) is 5.75 Å². The molecule has 1 heterocycles. The monoisotopic (exact) mass is 452 g/mol. The molecule has 1 unspecified atom stereocenters. The molecule has 2 aromatic carbocycles. The standard InChI is InChI=1S/C24H28N4O3S/c1-4-17(2)25-22(29)15-28(14-18-9-6-5-7-10-18)23(30)21-16-32-24(27-21)26-19-11-8-12-20(13-19)31-3/h5-13,16-17H,4,14-15H2,1-3H3,(H,25,29)(H,26,27). The van der Waals surface area contributed by atoms with E-state index in [1.165, 1.54) is 16.2 Å². The molecule has 0 aliphatic heterocycles. The quantitative estimate of drug-likeness (QED) is 0.475. The minimum Gasteiger partial charge on any atom is -0.497 e. The lowest BCUT2D eigenvalue weighted by atomic mass is 10.2. The number of thiazole rings is 1. The molecule has 2 N–H and O–H groups in total. The Bertz CT molecular complexity index is 1040. The first-order valence-corrected chi connectivity index (χ1v) is 11.4. The van der Waals surface area contributed by atoms with E-state index in [4.69, 9.17) is 4.74 Å². The average Bonchev–Trinajstić information content (AvgIpc) is 3.27. The number of benzene rings is 2. The largest absolute Gasteiger partial charge is 0.497 e. The predicted octanol–water partition coefficient (Wildman–Crippen LogP) is 4.45. The van der Waals surface area contributed by atoms with Crippen molar-refractivity contribution in [2.45, 2.75) is 32.9 Å². The lowest BCUT2D eigenvalue weighted by molar-refractivity contribution is -0.122. The zero-order valence-corrected chi connectivity index (χ0v) is 19.3. The van der Waals surface area contributed by atoms with Gasteiger partial charge in [-0.2, -0.15) is 0 Å². The zero-order valence-electron chi connectivity index (χ0n) is 18.5. The van der Waals surface area contributed by atoms with Gasteiger partial charge in [0.1, 0.15) is 18.0 Å². The minimum atomic E-state index is -0.289. The van der Waals surface area contributed by atoms with Crippen molar-refractivity contribution in [1.29, 1.82) is 0 Å². The second-order valence-electron chi connectivity index (χ2n) is 7.42. The maximum absolute atomic E-state index is 13.2. The molecule has 0 saturated carbocycles. The molecule has 0 aliphatic carbocycles. The number of anilines is 2. The molecule has 1 aromatic heterocycles. The van der Waals surface area contributed by atoms with Crippen LogP contribution in [0.5, 0.6) is 5.75 Å². The molecule has 0 saturated heterocycles. The molecule has 168 valence electrons. The van der Waals surface area contributed by atoms with Crippen molar-refractivity contribution >= 4 is 34.0 Å². The van der Waals surface area contributed by atoms with Crippen molar-refractivity contribution in [1.82, 2.24) is 15.2 Å². The van der Waals surface area contributed by atoms with E-state index in [-0.39, 0.29) is 24.4 Å². The Labute approximate surface area is 192 Å². The number of carbonyl (C=O) groups is 2. The van der Waals surface area contributed by atoms with Crippen LogP contribution in [-0.2, 0) is 11.3 Å². The van der Waals surface area contributed by atoms with Gasteiger partial charge in [0.15, 0.2) is 5.13 Å². The summed E-state index contributed by atoms with van der Waals surface area (Å²) < 4.78 is 5.24. The van der Waals surface area contributed by atoms with Crippen LogP contribution in [0.4, 0.5) is 10.8 Å². The number of amides is 2. The van der Waals surface area contributed by atoms with Crippen LogP contribution >= 0.6 is 11.3 Å². The summed E-state index contributed by atoms with van der Waals surface area (Å²) in [4.78, 5) is 31.7. The first-order chi connectivity index (χ1) is 15.5. The normalized spacial score (nSPS) is 11.5. The number of carbonyl (C=O) groups excluding carboxylic acids is 2. The highest BCUT2D eigenvalue weighted by Crippen LogP contribution is 2.24. The number of hydrogen-bond donors (Lipinski definition) is 2. The van der Waals surface area contributed by atoms with Crippen LogP contribution < -0.4 is 15.4 Å². The molecule has 0 aliphatic rings. The molecule has 3 aromatic rings. The summed E-state index contributed by atoms with van der Waals surface area (Å²) in [6.45, 7) is 4.24. The summed E-state index contributed by atoms with van der Waals surface area (Å²) in [5, 5.41) is 8.41. The van der Waals surface area contributed by atoms with Crippen LogP contribution in [0.15, 0.2) is 60.0 Å². The molecular weight excluding hydrogens is 424 g/mol. The lowest BCUT2D eigenvalue weighted by Gasteiger charge is -2.22. The number of nitrogens with one attached hydrogen (secondary N) is 2. The highest BCUT2D eigenvalue weighted by molar-refractivity contribution is 7.14.